The van der Waals surface area contributed by atoms with Gasteiger partial charge in [0.15, 0.2) is 0 Å². The minimum absolute atomic E-state index is 0.385. The highest BCUT2D eigenvalue weighted by Crippen LogP contribution is 2.43. The highest BCUT2D eigenvalue weighted by Gasteiger charge is 2.57. The number of hydrogen-bond acceptors (Lipinski definition) is 3. The smallest absolute Gasteiger partial charge is 0.317 e. The van der Waals surface area contributed by atoms with Crippen molar-refractivity contribution in [1.29, 1.82) is 0 Å². The van der Waals surface area contributed by atoms with E-state index >= 15 is 0 Å². The van der Waals surface area contributed by atoms with Gasteiger partial charge in [-0.15, -0.1) is 0 Å². The van der Waals surface area contributed by atoms with Gasteiger partial charge in [-0.3, -0.25) is 0 Å². The van der Waals surface area contributed by atoms with Crippen molar-refractivity contribution in [2.45, 2.75) is 76.3 Å². The Morgan fingerprint density at radius 2 is 0.667 bits per heavy atom. The minimum atomic E-state index is -2.49. The molecule has 1 saturated heterocycles. The van der Waals surface area contributed by atoms with Gasteiger partial charge in [-0.1, -0.05) is 112 Å². The van der Waals surface area contributed by atoms with Crippen LogP contribution in [0, 0.1) is 0 Å². The van der Waals surface area contributed by atoms with E-state index in [0.717, 1.165) is 18.1 Å². The Morgan fingerprint density at radius 1 is 0.444 bits per heavy atom. The summed E-state index contributed by atoms with van der Waals surface area (Å²) in [5, 5.41) is 0. The van der Waals surface area contributed by atoms with Crippen LogP contribution >= 0.6 is 0 Å². The van der Waals surface area contributed by atoms with Crippen LogP contribution in [0.1, 0.15) is 55.2 Å². The molecular formula is C30H42O3Si3. The molecule has 0 radical (unpaired) electrons. The molecule has 3 atom stereocenters. The molecule has 3 aromatic carbocycles. The Kier molecular flexibility index (Phi) is 8.54. The average Bonchev–Trinajstić information content (AvgIpc) is 2.84. The molecule has 3 nitrogen and oxygen atoms in total. The molecule has 0 aliphatic carbocycles. The van der Waals surface area contributed by atoms with Crippen molar-refractivity contribution in [2.75, 3.05) is 0 Å². The van der Waals surface area contributed by atoms with Crippen LogP contribution in [0.4, 0.5) is 0 Å². The van der Waals surface area contributed by atoms with Crippen molar-refractivity contribution in [3.63, 3.8) is 0 Å². The van der Waals surface area contributed by atoms with E-state index in [0.29, 0.717) is 17.8 Å². The SMILES string of the molecule is CC(C[Si]1(C)O[Si](C)(CC(C)c2ccccc2)O[Si](C)(CC(C)c2ccccc2)O1)c1ccccc1. The van der Waals surface area contributed by atoms with E-state index in [1.54, 1.807) is 0 Å². The highest BCUT2D eigenvalue weighted by molar-refractivity contribution is 6.93. The van der Waals surface area contributed by atoms with Crippen molar-refractivity contribution in [1.82, 2.24) is 0 Å². The van der Waals surface area contributed by atoms with E-state index in [2.05, 4.69) is 131 Å². The maximum Gasteiger partial charge on any atom is 0.317 e. The lowest BCUT2D eigenvalue weighted by Crippen LogP contribution is -2.68. The summed E-state index contributed by atoms with van der Waals surface area (Å²) < 4.78 is 21.3. The Balaban J connectivity index is 1.60. The van der Waals surface area contributed by atoms with Gasteiger partial charge in [0.1, 0.15) is 0 Å². The first-order valence-corrected chi connectivity index (χ1v) is 20.9. The van der Waals surface area contributed by atoms with Gasteiger partial charge in [-0.2, -0.15) is 0 Å². The van der Waals surface area contributed by atoms with E-state index in [1.165, 1.54) is 16.7 Å². The van der Waals surface area contributed by atoms with E-state index in [1.807, 2.05) is 0 Å². The van der Waals surface area contributed by atoms with Crippen LogP contribution in [-0.4, -0.2) is 25.7 Å². The second-order valence-corrected chi connectivity index (χ2v) is 21.7. The van der Waals surface area contributed by atoms with Crippen molar-refractivity contribution in [2.24, 2.45) is 0 Å². The summed E-state index contributed by atoms with van der Waals surface area (Å²) >= 11 is 0. The zero-order valence-corrected chi connectivity index (χ0v) is 25.7. The van der Waals surface area contributed by atoms with Crippen molar-refractivity contribution >= 4 is 25.7 Å². The first-order chi connectivity index (χ1) is 17.1. The fraction of sp³-hybridized carbons (Fsp3) is 0.400. The number of benzene rings is 3. The third-order valence-electron chi connectivity index (χ3n) is 7.43. The summed E-state index contributed by atoms with van der Waals surface area (Å²) in [7, 11) is -7.47. The summed E-state index contributed by atoms with van der Waals surface area (Å²) in [5.41, 5.74) is 4.06. The van der Waals surface area contributed by atoms with Crippen LogP contribution in [-0.2, 0) is 12.3 Å². The first kappa shape index (κ1) is 27.2. The van der Waals surface area contributed by atoms with Crippen LogP contribution in [0.3, 0.4) is 0 Å². The summed E-state index contributed by atoms with van der Waals surface area (Å²) in [6.07, 6.45) is 0. The Morgan fingerprint density at radius 3 is 0.889 bits per heavy atom. The standard InChI is InChI=1S/C30H42O3Si3/c1-25(28-16-10-7-11-17-28)22-34(4)31-35(5,23-26(2)29-18-12-8-13-19-29)33-36(6,32-34)24-27(3)30-20-14-9-15-21-30/h7-21,25-27H,22-24H2,1-6H3. The largest absolute Gasteiger partial charge is 0.416 e. The molecule has 3 unspecified atom stereocenters. The first-order valence-electron chi connectivity index (χ1n) is 13.3. The van der Waals surface area contributed by atoms with Crippen LogP contribution in [0.25, 0.3) is 0 Å². The fourth-order valence-corrected chi connectivity index (χ4v) is 24.7. The fourth-order valence-electron chi connectivity index (χ4n) is 6.05. The monoisotopic (exact) mass is 534 g/mol. The van der Waals surface area contributed by atoms with Gasteiger partial charge in [0, 0.05) is 0 Å². The minimum Gasteiger partial charge on any atom is -0.416 e. The van der Waals surface area contributed by atoms with Crippen LogP contribution in [0.2, 0.25) is 37.8 Å². The van der Waals surface area contributed by atoms with E-state index in [9.17, 15) is 0 Å². The lowest BCUT2D eigenvalue weighted by Gasteiger charge is -2.52. The highest BCUT2D eigenvalue weighted by atomic mass is 28.5. The number of rotatable bonds is 9. The topological polar surface area (TPSA) is 27.7 Å². The molecule has 0 amide bonds. The van der Waals surface area contributed by atoms with Crippen molar-refractivity contribution < 1.29 is 12.3 Å². The molecule has 0 aromatic heterocycles. The van der Waals surface area contributed by atoms with Crippen molar-refractivity contribution in [3.05, 3.63) is 108 Å². The molecule has 0 bridgehead atoms. The zero-order chi connectivity index (χ0) is 25.8. The van der Waals surface area contributed by atoms with Gasteiger partial charge < -0.3 is 12.3 Å². The molecule has 1 aliphatic rings. The summed E-state index contributed by atoms with van der Waals surface area (Å²) in [4.78, 5) is 0. The summed E-state index contributed by atoms with van der Waals surface area (Å²) in [5.74, 6) is 1.15. The molecular weight excluding hydrogens is 493 g/mol. The second kappa shape index (κ2) is 11.3. The van der Waals surface area contributed by atoms with E-state index in [-0.39, 0.29) is 0 Å². The zero-order valence-electron chi connectivity index (χ0n) is 22.7. The molecule has 1 heterocycles. The molecule has 1 fully saturated rings. The Hall–Kier alpha value is -1.81. The summed E-state index contributed by atoms with van der Waals surface area (Å²) in [6, 6.07) is 35.2. The molecule has 0 spiro atoms. The predicted octanol–water partition coefficient (Wildman–Crippen LogP) is 8.68. The molecule has 6 heteroatoms. The van der Waals surface area contributed by atoms with Gasteiger partial charge in [0.2, 0.25) is 0 Å². The molecule has 0 saturated carbocycles. The molecule has 36 heavy (non-hydrogen) atoms. The van der Waals surface area contributed by atoms with Crippen molar-refractivity contribution in [3.8, 4) is 0 Å². The molecule has 3 aromatic rings. The van der Waals surface area contributed by atoms with Gasteiger partial charge in [0.05, 0.1) is 0 Å². The normalized spacial score (nSPS) is 28.8. The third kappa shape index (κ3) is 6.94. The van der Waals surface area contributed by atoms with Crippen LogP contribution in [0.5, 0.6) is 0 Å². The lowest BCUT2D eigenvalue weighted by atomic mass is 10.0. The lowest BCUT2D eigenvalue weighted by molar-refractivity contribution is 0.217. The Bertz CT molecular complexity index is 947. The number of hydrogen-bond donors (Lipinski definition) is 0. The molecule has 192 valence electrons. The van der Waals surface area contributed by atoms with E-state index in [4.69, 9.17) is 12.3 Å². The van der Waals surface area contributed by atoms with Crippen LogP contribution < -0.4 is 0 Å². The molecule has 1 aliphatic heterocycles. The maximum atomic E-state index is 7.10. The van der Waals surface area contributed by atoms with Gasteiger partial charge >= 0.3 is 25.7 Å². The van der Waals surface area contributed by atoms with Gasteiger partial charge in [0.25, 0.3) is 0 Å². The van der Waals surface area contributed by atoms with E-state index < -0.39 is 25.7 Å². The predicted molar refractivity (Wildman–Crippen MR) is 157 cm³/mol. The second-order valence-electron chi connectivity index (χ2n) is 11.3. The molecule has 0 N–H and O–H groups in total. The molecule has 4 rings (SSSR count). The average molecular weight is 535 g/mol. The summed E-state index contributed by atoms with van der Waals surface area (Å²) in [6.45, 7) is 13.8. The van der Waals surface area contributed by atoms with Gasteiger partial charge in [-0.05, 0) is 72.2 Å². The quantitative estimate of drug-likeness (QED) is 0.257. The maximum absolute atomic E-state index is 7.10. The Labute approximate surface area is 221 Å². The third-order valence-corrected chi connectivity index (χ3v) is 21.9. The van der Waals surface area contributed by atoms with Gasteiger partial charge in [-0.25, -0.2) is 0 Å². The van der Waals surface area contributed by atoms with Crippen LogP contribution in [0.15, 0.2) is 91.0 Å².